The van der Waals surface area contributed by atoms with Gasteiger partial charge in [0, 0.05) is 19.1 Å². The fourth-order valence-corrected chi connectivity index (χ4v) is 2.77. The van der Waals surface area contributed by atoms with E-state index in [4.69, 9.17) is 0 Å². The fourth-order valence-electron chi connectivity index (χ4n) is 2.77. The molecule has 4 heteroatoms. The maximum absolute atomic E-state index is 11.6. The number of nitrogens with zero attached hydrogens (tertiary/aromatic N) is 1. The van der Waals surface area contributed by atoms with Crippen LogP contribution in [-0.4, -0.2) is 49.6 Å². The number of likely N-dealkylation sites (tertiary alicyclic amines) is 1. The van der Waals surface area contributed by atoms with E-state index >= 15 is 0 Å². The lowest BCUT2D eigenvalue weighted by Gasteiger charge is -2.36. The van der Waals surface area contributed by atoms with Crippen LogP contribution < -0.4 is 10.6 Å². The van der Waals surface area contributed by atoms with Crippen molar-refractivity contribution < 1.29 is 4.79 Å². The number of hydrogen-bond donors (Lipinski definition) is 2. The second-order valence-corrected chi connectivity index (χ2v) is 5.72. The topological polar surface area (TPSA) is 44.4 Å². The summed E-state index contributed by atoms with van der Waals surface area (Å²) in [6.45, 7) is 11.4. The maximum Gasteiger partial charge on any atom is 0.233 e. The molecule has 2 N–H and O–H groups in total. The summed E-state index contributed by atoms with van der Waals surface area (Å²) in [5.41, 5.74) is 0. The second-order valence-electron chi connectivity index (χ2n) is 5.72. The number of carbonyl (C=O) groups is 1. The van der Waals surface area contributed by atoms with Gasteiger partial charge in [0.2, 0.25) is 5.91 Å². The van der Waals surface area contributed by atoms with Gasteiger partial charge in [-0.1, -0.05) is 13.8 Å². The smallest absolute Gasteiger partial charge is 0.233 e. The SMILES string of the molecule is CCCNC(=O)CNC(C)C1CCCN(CCC)C1. The summed E-state index contributed by atoms with van der Waals surface area (Å²) in [6.07, 6.45) is 4.80. The van der Waals surface area contributed by atoms with E-state index in [1.54, 1.807) is 0 Å². The zero-order valence-corrected chi connectivity index (χ0v) is 12.9. The van der Waals surface area contributed by atoms with Crippen LogP contribution in [0.1, 0.15) is 46.5 Å². The molecule has 1 fully saturated rings. The highest BCUT2D eigenvalue weighted by Crippen LogP contribution is 2.19. The van der Waals surface area contributed by atoms with Gasteiger partial charge in [-0.25, -0.2) is 0 Å². The normalized spacial score (nSPS) is 22.2. The Balaban J connectivity index is 2.24. The molecule has 112 valence electrons. The van der Waals surface area contributed by atoms with Crippen molar-refractivity contribution in [2.45, 2.75) is 52.5 Å². The molecule has 1 amide bonds. The number of nitrogens with one attached hydrogen (secondary N) is 2. The highest BCUT2D eigenvalue weighted by molar-refractivity contribution is 5.77. The molecule has 1 aliphatic heterocycles. The first-order chi connectivity index (χ1) is 9.17. The van der Waals surface area contributed by atoms with Crippen LogP contribution in [0.3, 0.4) is 0 Å². The van der Waals surface area contributed by atoms with Crippen molar-refractivity contribution in [2.75, 3.05) is 32.7 Å². The van der Waals surface area contributed by atoms with Gasteiger partial charge < -0.3 is 15.5 Å². The van der Waals surface area contributed by atoms with Crippen molar-refractivity contribution in [3.8, 4) is 0 Å². The number of piperidine rings is 1. The van der Waals surface area contributed by atoms with Gasteiger partial charge >= 0.3 is 0 Å². The zero-order valence-electron chi connectivity index (χ0n) is 12.9. The molecular weight excluding hydrogens is 238 g/mol. The van der Waals surface area contributed by atoms with E-state index in [1.165, 1.54) is 38.9 Å². The number of rotatable bonds is 8. The average Bonchev–Trinajstić information content (AvgIpc) is 2.43. The number of amides is 1. The third kappa shape index (κ3) is 6.39. The van der Waals surface area contributed by atoms with Crippen molar-refractivity contribution in [3.05, 3.63) is 0 Å². The first-order valence-electron chi connectivity index (χ1n) is 7.89. The molecule has 1 heterocycles. The Morgan fingerprint density at radius 3 is 2.84 bits per heavy atom. The van der Waals surface area contributed by atoms with Crippen LogP contribution in [0.4, 0.5) is 0 Å². The minimum Gasteiger partial charge on any atom is -0.355 e. The Morgan fingerprint density at radius 2 is 2.16 bits per heavy atom. The summed E-state index contributed by atoms with van der Waals surface area (Å²) in [4.78, 5) is 14.1. The van der Waals surface area contributed by atoms with Crippen LogP contribution >= 0.6 is 0 Å². The Bertz CT molecular complexity index is 256. The van der Waals surface area contributed by atoms with E-state index in [-0.39, 0.29) is 5.91 Å². The standard InChI is InChI=1S/C15H31N3O/c1-4-8-16-15(19)11-17-13(3)14-7-6-10-18(12-14)9-5-2/h13-14,17H,4-12H2,1-3H3,(H,16,19). The van der Waals surface area contributed by atoms with Gasteiger partial charge in [0.05, 0.1) is 6.54 Å². The molecule has 0 bridgehead atoms. The van der Waals surface area contributed by atoms with Gasteiger partial charge in [-0.2, -0.15) is 0 Å². The molecule has 1 rings (SSSR count). The monoisotopic (exact) mass is 269 g/mol. The van der Waals surface area contributed by atoms with Gasteiger partial charge in [0.25, 0.3) is 0 Å². The molecule has 0 aromatic heterocycles. The molecule has 0 aliphatic carbocycles. The summed E-state index contributed by atoms with van der Waals surface area (Å²) in [7, 11) is 0. The van der Waals surface area contributed by atoms with E-state index in [2.05, 4.69) is 36.3 Å². The minimum absolute atomic E-state index is 0.120. The second kappa shape index (κ2) is 9.32. The molecule has 0 aromatic rings. The summed E-state index contributed by atoms with van der Waals surface area (Å²) in [6, 6.07) is 0.423. The Morgan fingerprint density at radius 1 is 1.37 bits per heavy atom. The Kier molecular flexibility index (Phi) is 8.07. The quantitative estimate of drug-likeness (QED) is 0.704. The lowest BCUT2D eigenvalue weighted by Crippen LogP contribution is -2.47. The molecule has 19 heavy (non-hydrogen) atoms. The molecule has 0 saturated carbocycles. The first-order valence-corrected chi connectivity index (χ1v) is 7.89. The predicted molar refractivity (Wildman–Crippen MR) is 80.2 cm³/mol. The number of carbonyl (C=O) groups excluding carboxylic acids is 1. The number of hydrogen-bond acceptors (Lipinski definition) is 3. The van der Waals surface area contributed by atoms with Gasteiger partial charge in [0.1, 0.15) is 0 Å². The summed E-state index contributed by atoms with van der Waals surface area (Å²) < 4.78 is 0. The minimum atomic E-state index is 0.120. The molecule has 1 saturated heterocycles. The highest BCUT2D eigenvalue weighted by atomic mass is 16.1. The molecular formula is C15H31N3O. The Hall–Kier alpha value is -0.610. The van der Waals surface area contributed by atoms with E-state index < -0.39 is 0 Å². The third-order valence-electron chi connectivity index (χ3n) is 3.95. The van der Waals surface area contributed by atoms with Crippen molar-refractivity contribution in [1.29, 1.82) is 0 Å². The summed E-state index contributed by atoms with van der Waals surface area (Å²) >= 11 is 0. The van der Waals surface area contributed by atoms with Crippen molar-refractivity contribution in [3.63, 3.8) is 0 Å². The van der Waals surface area contributed by atoms with Crippen LogP contribution in [0, 0.1) is 5.92 Å². The molecule has 1 aliphatic rings. The van der Waals surface area contributed by atoms with Gasteiger partial charge in [0.15, 0.2) is 0 Å². The van der Waals surface area contributed by atoms with E-state index in [0.717, 1.165) is 13.0 Å². The van der Waals surface area contributed by atoms with Crippen LogP contribution in [0.25, 0.3) is 0 Å². The lowest BCUT2D eigenvalue weighted by atomic mass is 9.91. The van der Waals surface area contributed by atoms with Crippen LogP contribution in [0.2, 0.25) is 0 Å². The Labute approximate surface area is 118 Å². The van der Waals surface area contributed by atoms with E-state index in [9.17, 15) is 4.79 Å². The predicted octanol–water partition coefficient (Wildman–Crippen LogP) is 1.61. The third-order valence-corrected chi connectivity index (χ3v) is 3.95. The van der Waals surface area contributed by atoms with Crippen LogP contribution in [-0.2, 0) is 4.79 Å². The van der Waals surface area contributed by atoms with Gasteiger partial charge in [-0.3, -0.25) is 4.79 Å². The molecule has 4 nitrogen and oxygen atoms in total. The van der Waals surface area contributed by atoms with Crippen molar-refractivity contribution >= 4 is 5.91 Å². The highest BCUT2D eigenvalue weighted by Gasteiger charge is 2.24. The summed E-state index contributed by atoms with van der Waals surface area (Å²) in [5, 5.41) is 6.29. The van der Waals surface area contributed by atoms with Crippen molar-refractivity contribution in [2.24, 2.45) is 5.92 Å². The lowest BCUT2D eigenvalue weighted by molar-refractivity contribution is -0.120. The molecule has 2 atom stereocenters. The fraction of sp³-hybridized carbons (Fsp3) is 0.933. The van der Waals surface area contributed by atoms with E-state index in [0.29, 0.717) is 18.5 Å². The average molecular weight is 269 g/mol. The van der Waals surface area contributed by atoms with Crippen LogP contribution in [0.5, 0.6) is 0 Å². The molecule has 0 spiro atoms. The van der Waals surface area contributed by atoms with Crippen molar-refractivity contribution in [1.82, 2.24) is 15.5 Å². The molecule has 0 aromatic carbocycles. The molecule has 0 radical (unpaired) electrons. The largest absolute Gasteiger partial charge is 0.355 e. The maximum atomic E-state index is 11.6. The molecule has 2 unspecified atom stereocenters. The zero-order chi connectivity index (χ0) is 14.1. The van der Waals surface area contributed by atoms with Gasteiger partial charge in [-0.05, 0) is 51.6 Å². The first kappa shape index (κ1) is 16.4. The van der Waals surface area contributed by atoms with E-state index in [1.807, 2.05) is 0 Å². The summed E-state index contributed by atoms with van der Waals surface area (Å²) in [5.74, 6) is 0.800. The van der Waals surface area contributed by atoms with Crippen LogP contribution in [0.15, 0.2) is 0 Å². The van der Waals surface area contributed by atoms with Gasteiger partial charge in [-0.15, -0.1) is 0 Å².